The lowest BCUT2D eigenvalue weighted by Crippen LogP contribution is -2.45. The van der Waals surface area contributed by atoms with E-state index in [9.17, 15) is 9.59 Å². The molecule has 0 saturated heterocycles. The molecule has 0 N–H and O–H groups in total. The maximum absolute atomic E-state index is 13.5. The van der Waals surface area contributed by atoms with Crippen LogP contribution in [-0.2, 0) is 20.7 Å². The topological polar surface area (TPSA) is 75.3 Å². The first-order valence-electron chi connectivity index (χ1n) is 10.5. The number of methoxy groups -OCH3 is 1. The Hall–Kier alpha value is -3.23. The van der Waals surface area contributed by atoms with E-state index in [1.807, 2.05) is 58.8 Å². The van der Waals surface area contributed by atoms with E-state index in [1.165, 1.54) is 7.11 Å². The number of nitrogens with zero attached hydrogens (tertiary/aromatic N) is 3. The molecule has 2 aromatic heterocycles. The third-order valence-electron chi connectivity index (χ3n) is 5.99. The van der Waals surface area contributed by atoms with E-state index < -0.39 is 6.04 Å². The van der Waals surface area contributed by atoms with Crippen molar-refractivity contribution in [1.82, 2.24) is 9.91 Å². The first-order chi connectivity index (χ1) is 15.7. The molecular formula is C24H23N3O4S. The fraction of sp³-hybridized carbons (Fsp3) is 0.292. The molecule has 164 valence electrons. The number of ether oxygens (including phenoxy) is 1. The summed E-state index contributed by atoms with van der Waals surface area (Å²) in [6.45, 7) is 0.666. The Kier molecular flexibility index (Phi) is 5.63. The van der Waals surface area contributed by atoms with Gasteiger partial charge in [0, 0.05) is 17.8 Å². The summed E-state index contributed by atoms with van der Waals surface area (Å²) in [7, 11) is 1.38. The maximum atomic E-state index is 13.5. The molecule has 0 radical (unpaired) electrons. The summed E-state index contributed by atoms with van der Waals surface area (Å²) in [5.74, 6) is 0.153. The van der Waals surface area contributed by atoms with Crippen LogP contribution in [0.2, 0.25) is 0 Å². The van der Waals surface area contributed by atoms with Crippen LogP contribution < -0.4 is 0 Å². The predicted molar refractivity (Wildman–Crippen MR) is 120 cm³/mol. The number of rotatable bonds is 5. The molecule has 2 aliphatic rings. The smallest absolute Gasteiger partial charge is 0.327 e. The van der Waals surface area contributed by atoms with Crippen LogP contribution in [-0.4, -0.2) is 47.7 Å². The number of fused-ring (bicyclic) bond motifs is 1. The second-order valence-electron chi connectivity index (χ2n) is 7.84. The van der Waals surface area contributed by atoms with Crippen LogP contribution in [0.3, 0.4) is 0 Å². The molecule has 0 saturated carbocycles. The summed E-state index contributed by atoms with van der Waals surface area (Å²) in [6, 6.07) is 14.7. The van der Waals surface area contributed by atoms with Crippen LogP contribution in [0, 0.1) is 0 Å². The van der Waals surface area contributed by atoms with Crippen molar-refractivity contribution in [3.63, 3.8) is 0 Å². The lowest BCUT2D eigenvalue weighted by molar-refractivity contribution is -0.149. The molecule has 0 spiro atoms. The summed E-state index contributed by atoms with van der Waals surface area (Å²) < 4.78 is 10.6. The molecule has 0 aliphatic carbocycles. The minimum Gasteiger partial charge on any atom is -0.468 e. The Morgan fingerprint density at radius 2 is 2.06 bits per heavy atom. The summed E-state index contributed by atoms with van der Waals surface area (Å²) >= 11 is 1.60. The first-order valence-corrected chi connectivity index (χ1v) is 11.4. The van der Waals surface area contributed by atoms with Gasteiger partial charge >= 0.3 is 5.97 Å². The Bertz CT molecular complexity index is 1140. The van der Waals surface area contributed by atoms with Crippen LogP contribution in [0.4, 0.5) is 0 Å². The van der Waals surface area contributed by atoms with Crippen LogP contribution >= 0.6 is 11.3 Å². The highest BCUT2D eigenvalue weighted by Crippen LogP contribution is 2.36. The van der Waals surface area contributed by atoms with Crippen LogP contribution in [0.5, 0.6) is 0 Å². The van der Waals surface area contributed by atoms with E-state index >= 15 is 0 Å². The average molecular weight is 450 g/mol. The zero-order valence-corrected chi connectivity index (χ0v) is 18.5. The SMILES string of the molecule is COC(=O)[C@H]1c2ccccc2CCN1CC(=O)N1N=C(c2ccco2)C[C@@H]1c1cccs1. The van der Waals surface area contributed by atoms with E-state index in [4.69, 9.17) is 9.15 Å². The van der Waals surface area contributed by atoms with Gasteiger partial charge in [0.2, 0.25) is 0 Å². The Morgan fingerprint density at radius 3 is 2.81 bits per heavy atom. The van der Waals surface area contributed by atoms with E-state index in [2.05, 4.69) is 5.10 Å². The predicted octanol–water partition coefficient (Wildman–Crippen LogP) is 3.79. The van der Waals surface area contributed by atoms with Crippen LogP contribution in [0.1, 0.15) is 40.3 Å². The van der Waals surface area contributed by atoms with Gasteiger partial charge in [-0.3, -0.25) is 9.69 Å². The number of hydrogen-bond donors (Lipinski definition) is 0. The number of esters is 1. The number of amides is 1. The van der Waals surface area contributed by atoms with Crippen LogP contribution in [0.25, 0.3) is 0 Å². The number of carbonyl (C=O) groups is 2. The highest BCUT2D eigenvalue weighted by atomic mass is 32.1. The van der Waals surface area contributed by atoms with E-state index in [-0.39, 0.29) is 24.5 Å². The fourth-order valence-corrected chi connectivity index (χ4v) is 5.27. The van der Waals surface area contributed by atoms with Gasteiger partial charge in [-0.25, -0.2) is 9.80 Å². The third-order valence-corrected chi connectivity index (χ3v) is 6.96. The largest absolute Gasteiger partial charge is 0.468 e. The van der Waals surface area contributed by atoms with Gasteiger partial charge in [0.1, 0.15) is 17.5 Å². The van der Waals surface area contributed by atoms with E-state index in [1.54, 1.807) is 22.6 Å². The van der Waals surface area contributed by atoms with Crippen molar-refractivity contribution in [1.29, 1.82) is 0 Å². The lowest BCUT2D eigenvalue weighted by Gasteiger charge is -2.35. The molecule has 7 nitrogen and oxygen atoms in total. The Balaban J connectivity index is 1.42. The van der Waals surface area contributed by atoms with E-state index in [0.717, 1.165) is 28.1 Å². The summed E-state index contributed by atoms with van der Waals surface area (Å²) in [6.07, 6.45) is 2.96. The summed E-state index contributed by atoms with van der Waals surface area (Å²) in [4.78, 5) is 29.1. The Morgan fingerprint density at radius 1 is 1.19 bits per heavy atom. The molecule has 4 heterocycles. The normalized spacial score (nSPS) is 20.7. The van der Waals surface area contributed by atoms with Crippen molar-refractivity contribution in [3.05, 3.63) is 81.9 Å². The first kappa shape index (κ1) is 20.7. The lowest BCUT2D eigenvalue weighted by atomic mass is 9.92. The fourth-order valence-electron chi connectivity index (χ4n) is 4.46. The molecule has 8 heteroatoms. The number of thiophene rings is 1. The van der Waals surface area contributed by atoms with Crippen molar-refractivity contribution < 1.29 is 18.7 Å². The van der Waals surface area contributed by atoms with Gasteiger partial charge in [-0.2, -0.15) is 5.10 Å². The molecule has 1 amide bonds. The quantitative estimate of drug-likeness (QED) is 0.554. The number of hydrogen-bond acceptors (Lipinski definition) is 7. The van der Waals surface area contributed by atoms with Crippen LogP contribution in [0.15, 0.2) is 69.7 Å². The summed E-state index contributed by atoms with van der Waals surface area (Å²) in [5.41, 5.74) is 2.76. The maximum Gasteiger partial charge on any atom is 0.327 e. The van der Waals surface area contributed by atoms with E-state index in [0.29, 0.717) is 18.7 Å². The molecule has 5 rings (SSSR count). The van der Waals surface area contributed by atoms with Gasteiger partial charge in [-0.1, -0.05) is 30.3 Å². The molecule has 1 aromatic carbocycles. The Labute approximate surface area is 189 Å². The highest BCUT2D eigenvalue weighted by molar-refractivity contribution is 7.10. The molecular weight excluding hydrogens is 426 g/mol. The van der Waals surface area contributed by atoms with Crippen molar-refractivity contribution >= 4 is 28.9 Å². The monoisotopic (exact) mass is 449 g/mol. The van der Waals surface area contributed by atoms with Gasteiger partial charge < -0.3 is 9.15 Å². The zero-order chi connectivity index (χ0) is 22.1. The van der Waals surface area contributed by atoms with Crippen molar-refractivity contribution in [2.75, 3.05) is 20.2 Å². The molecule has 0 unspecified atom stereocenters. The molecule has 3 aromatic rings. The average Bonchev–Trinajstić information content (AvgIpc) is 3.59. The molecule has 32 heavy (non-hydrogen) atoms. The minimum atomic E-state index is -0.606. The number of furan rings is 1. The van der Waals surface area contributed by atoms with Crippen molar-refractivity contribution in [3.8, 4) is 0 Å². The van der Waals surface area contributed by atoms with Gasteiger partial charge in [-0.05, 0) is 41.1 Å². The second kappa shape index (κ2) is 8.72. The molecule has 2 atom stereocenters. The zero-order valence-electron chi connectivity index (χ0n) is 17.6. The van der Waals surface area contributed by atoms with Crippen molar-refractivity contribution in [2.24, 2.45) is 5.10 Å². The van der Waals surface area contributed by atoms with Gasteiger partial charge in [0.25, 0.3) is 5.91 Å². The molecule has 2 aliphatic heterocycles. The standard InChI is InChI=1S/C24H23N3O4S/c1-30-24(29)23-17-7-3-2-6-16(17)10-11-26(23)15-22(28)27-19(21-9-5-13-32-21)14-18(25-27)20-8-4-12-31-20/h2-9,12-13,19,23H,10-11,14-15H2,1H3/t19-,23-/m1/s1. The highest BCUT2D eigenvalue weighted by Gasteiger charge is 2.39. The summed E-state index contributed by atoms with van der Waals surface area (Å²) in [5, 5.41) is 8.19. The van der Waals surface area contributed by atoms with Gasteiger partial charge in [0.15, 0.2) is 0 Å². The second-order valence-corrected chi connectivity index (χ2v) is 8.82. The van der Waals surface area contributed by atoms with Crippen molar-refractivity contribution in [2.45, 2.75) is 24.9 Å². The van der Waals surface area contributed by atoms with Gasteiger partial charge in [0.05, 0.1) is 26.0 Å². The number of hydrazone groups is 1. The molecule has 0 fully saturated rings. The number of carbonyl (C=O) groups excluding carboxylic acids is 2. The third kappa shape index (κ3) is 3.76. The minimum absolute atomic E-state index is 0.0743. The van der Waals surface area contributed by atoms with Gasteiger partial charge in [-0.15, -0.1) is 11.3 Å². The number of benzene rings is 1. The molecule has 0 bridgehead atoms.